The van der Waals surface area contributed by atoms with Crippen LogP contribution in [0.25, 0.3) is 11.0 Å². The number of hydrogen-bond donors (Lipinski definition) is 0. The number of carbonyl (C=O) groups excluding carboxylic acids is 1. The number of imidazole rings is 1. The second-order valence-corrected chi connectivity index (χ2v) is 4.05. The molecule has 0 aliphatic heterocycles. The predicted molar refractivity (Wildman–Crippen MR) is 58.5 cm³/mol. The lowest BCUT2D eigenvalue weighted by molar-refractivity contribution is 0.112. The Labute approximate surface area is 89.9 Å². The minimum absolute atomic E-state index is 0.635. The molecule has 1 heterocycles. The molecule has 1 aromatic carbocycles. The maximum absolute atomic E-state index is 10.7. The summed E-state index contributed by atoms with van der Waals surface area (Å²) in [5, 5.41) is 0. The third kappa shape index (κ3) is 1.26. The van der Waals surface area contributed by atoms with Crippen LogP contribution >= 0.6 is 15.9 Å². The van der Waals surface area contributed by atoms with E-state index in [0.717, 1.165) is 27.6 Å². The summed E-state index contributed by atoms with van der Waals surface area (Å²) in [7, 11) is 1.96. The van der Waals surface area contributed by atoms with E-state index in [0.29, 0.717) is 5.56 Å². The molecule has 72 valence electrons. The molecule has 0 bridgehead atoms. The van der Waals surface area contributed by atoms with Crippen LogP contribution in [-0.2, 0) is 7.05 Å². The largest absolute Gasteiger partial charge is 0.331 e. The fourth-order valence-corrected chi connectivity index (χ4v) is 1.86. The summed E-state index contributed by atoms with van der Waals surface area (Å²) in [6.07, 6.45) is 0.827. The monoisotopic (exact) mass is 252 g/mol. The zero-order valence-electron chi connectivity index (χ0n) is 7.91. The van der Waals surface area contributed by atoms with E-state index in [1.54, 1.807) is 6.07 Å². The molecule has 1 aromatic heterocycles. The van der Waals surface area contributed by atoms with Gasteiger partial charge < -0.3 is 4.57 Å². The summed E-state index contributed by atoms with van der Waals surface area (Å²) in [5.41, 5.74) is 2.52. The van der Waals surface area contributed by atoms with Gasteiger partial charge in [-0.25, -0.2) is 4.98 Å². The molecule has 0 unspecified atom stereocenters. The number of fused-ring (bicyclic) bond motifs is 1. The van der Waals surface area contributed by atoms with Crippen molar-refractivity contribution in [1.82, 2.24) is 9.55 Å². The zero-order chi connectivity index (χ0) is 10.3. The van der Waals surface area contributed by atoms with E-state index < -0.39 is 0 Å². The van der Waals surface area contributed by atoms with Gasteiger partial charge in [0.25, 0.3) is 0 Å². The van der Waals surface area contributed by atoms with Crippen molar-refractivity contribution in [2.75, 3.05) is 0 Å². The summed E-state index contributed by atoms with van der Waals surface area (Å²) in [5.74, 6) is 0.940. The molecular weight excluding hydrogens is 244 g/mol. The third-order valence-corrected chi connectivity index (χ3v) is 3.04. The second-order valence-electron chi connectivity index (χ2n) is 3.20. The predicted octanol–water partition coefficient (Wildman–Crippen LogP) is 2.46. The molecule has 0 atom stereocenters. The van der Waals surface area contributed by atoms with E-state index in [-0.39, 0.29) is 0 Å². The SMILES string of the molecule is Cc1nc2cc(C=O)c(Br)cc2n1C. The van der Waals surface area contributed by atoms with E-state index >= 15 is 0 Å². The van der Waals surface area contributed by atoms with Crippen LogP contribution in [0, 0.1) is 6.92 Å². The Balaban J connectivity index is 2.85. The molecule has 0 fully saturated rings. The van der Waals surface area contributed by atoms with Crippen LogP contribution in [0.2, 0.25) is 0 Å². The quantitative estimate of drug-likeness (QED) is 0.731. The Kier molecular flexibility index (Phi) is 2.15. The van der Waals surface area contributed by atoms with E-state index in [4.69, 9.17) is 0 Å². The maximum Gasteiger partial charge on any atom is 0.151 e. The normalized spacial score (nSPS) is 10.8. The molecule has 4 heteroatoms. The molecular formula is C10H9BrN2O. The van der Waals surface area contributed by atoms with Gasteiger partial charge >= 0.3 is 0 Å². The van der Waals surface area contributed by atoms with E-state index in [9.17, 15) is 4.79 Å². The molecule has 0 spiro atoms. The molecule has 0 radical (unpaired) electrons. The summed E-state index contributed by atoms with van der Waals surface area (Å²) < 4.78 is 2.80. The average Bonchev–Trinajstić information content (AvgIpc) is 2.43. The van der Waals surface area contributed by atoms with Gasteiger partial charge in [-0.15, -0.1) is 0 Å². The minimum atomic E-state index is 0.635. The van der Waals surface area contributed by atoms with Gasteiger partial charge in [0.2, 0.25) is 0 Å². The van der Waals surface area contributed by atoms with Crippen molar-refractivity contribution in [3.8, 4) is 0 Å². The molecule has 0 aliphatic rings. The fraction of sp³-hybridized carbons (Fsp3) is 0.200. The first-order valence-electron chi connectivity index (χ1n) is 4.21. The van der Waals surface area contributed by atoms with Crippen LogP contribution < -0.4 is 0 Å². The number of aldehydes is 1. The highest BCUT2D eigenvalue weighted by atomic mass is 79.9. The number of benzene rings is 1. The number of aromatic nitrogens is 2. The Bertz CT molecular complexity index is 516. The fourth-order valence-electron chi connectivity index (χ4n) is 1.44. The number of carbonyl (C=O) groups is 1. The first-order valence-corrected chi connectivity index (χ1v) is 5.00. The number of aryl methyl sites for hydroxylation is 2. The van der Waals surface area contributed by atoms with Gasteiger partial charge in [-0.2, -0.15) is 0 Å². The lowest BCUT2D eigenvalue weighted by Gasteiger charge is -1.98. The minimum Gasteiger partial charge on any atom is -0.331 e. The van der Waals surface area contributed by atoms with Crippen molar-refractivity contribution in [3.63, 3.8) is 0 Å². The summed E-state index contributed by atoms with van der Waals surface area (Å²) in [6.45, 7) is 1.94. The van der Waals surface area contributed by atoms with Gasteiger partial charge in [0.1, 0.15) is 5.82 Å². The van der Waals surface area contributed by atoms with Gasteiger partial charge in [0.15, 0.2) is 6.29 Å². The highest BCUT2D eigenvalue weighted by Crippen LogP contribution is 2.23. The van der Waals surface area contributed by atoms with Crippen LogP contribution in [0.15, 0.2) is 16.6 Å². The molecule has 0 N–H and O–H groups in total. The first-order chi connectivity index (χ1) is 6.63. The molecule has 14 heavy (non-hydrogen) atoms. The first kappa shape index (κ1) is 9.40. The molecule has 0 amide bonds. The topological polar surface area (TPSA) is 34.9 Å². The van der Waals surface area contributed by atoms with Crippen molar-refractivity contribution in [1.29, 1.82) is 0 Å². The van der Waals surface area contributed by atoms with Gasteiger partial charge in [-0.1, -0.05) is 0 Å². The Morgan fingerprint density at radius 1 is 1.50 bits per heavy atom. The zero-order valence-corrected chi connectivity index (χ0v) is 9.50. The van der Waals surface area contributed by atoms with Gasteiger partial charge in [-0.3, -0.25) is 4.79 Å². The highest BCUT2D eigenvalue weighted by molar-refractivity contribution is 9.10. The van der Waals surface area contributed by atoms with E-state index in [2.05, 4.69) is 20.9 Å². The summed E-state index contributed by atoms with van der Waals surface area (Å²) in [4.78, 5) is 15.0. The van der Waals surface area contributed by atoms with Crippen molar-refractivity contribution in [2.45, 2.75) is 6.92 Å². The van der Waals surface area contributed by atoms with Gasteiger partial charge in [0.05, 0.1) is 11.0 Å². The molecule has 0 aliphatic carbocycles. The van der Waals surface area contributed by atoms with Crippen LogP contribution in [0.4, 0.5) is 0 Å². The molecule has 2 aromatic rings. The van der Waals surface area contributed by atoms with Crippen molar-refractivity contribution >= 4 is 33.2 Å². The Morgan fingerprint density at radius 3 is 2.86 bits per heavy atom. The molecule has 0 saturated heterocycles. The lowest BCUT2D eigenvalue weighted by atomic mass is 10.2. The standard InChI is InChI=1S/C10H9BrN2O/c1-6-12-9-3-7(5-14)8(11)4-10(9)13(6)2/h3-5H,1-2H3. The molecule has 2 rings (SSSR count). The van der Waals surface area contributed by atoms with Crippen LogP contribution in [0.5, 0.6) is 0 Å². The van der Waals surface area contributed by atoms with Crippen LogP contribution in [-0.4, -0.2) is 15.8 Å². The molecule has 0 saturated carbocycles. The Morgan fingerprint density at radius 2 is 2.21 bits per heavy atom. The number of halogens is 1. The van der Waals surface area contributed by atoms with Gasteiger partial charge in [-0.05, 0) is 35.0 Å². The Hall–Kier alpha value is -1.16. The van der Waals surface area contributed by atoms with E-state index in [1.165, 1.54) is 0 Å². The molecule has 3 nitrogen and oxygen atoms in total. The van der Waals surface area contributed by atoms with Crippen molar-refractivity contribution in [3.05, 3.63) is 28.0 Å². The average molecular weight is 253 g/mol. The third-order valence-electron chi connectivity index (χ3n) is 2.35. The van der Waals surface area contributed by atoms with Crippen molar-refractivity contribution in [2.24, 2.45) is 7.05 Å². The van der Waals surface area contributed by atoms with Crippen molar-refractivity contribution < 1.29 is 4.79 Å². The number of hydrogen-bond acceptors (Lipinski definition) is 2. The summed E-state index contributed by atoms with van der Waals surface area (Å²) in [6, 6.07) is 3.71. The number of nitrogens with zero attached hydrogens (tertiary/aromatic N) is 2. The number of rotatable bonds is 1. The maximum atomic E-state index is 10.7. The second kappa shape index (κ2) is 3.20. The van der Waals surface area contributed by atoms with Gasteiger partial charge in [0, 0.05) is 17.1 Å². The van der Waals surface area contributed by atoms with E-state index in [1.807, 2.05) is 24.6 Å². The summed E-state index contributed by atoms with van der Waals surface area (Å²) >= 11 is 3.35. The smallest absolute Gasteiger partial charge is 0.151 e. The highest BCUT2D eigenvalue weighted by Gasteiger charge is 2.07. The van der Waals surface area contributed by atoms with Crippen LogP contribution in [0.1, 0.15) is 16.2 Å². The van der Waals surface area contributed by atoms with Crippen LogP contribution in [0.3, 0.4) is 0 Å². The lowest BCUT2D eigenvalue weighted by Crippen LogP contribution is -1.90.